The zero-order valence-electron chi connectivity index (χ0n) is 15.6. The highest BCUT2D eigenvalue weighted by Gasteiger charge is 2.46. The third-order valence-corrected chi connectivity index (χ3v) is 5.39. The predicted octanol–water partition coefficient (Wildman–Crippen LogP) is 3.66. The third-order valence-electron chi connectivity index (χ3n) is 4.28. The van der Waals surface area contributed by atoms with Gasteiger partial charge in [-0.05, 0) is 31.3 Å². The number of benzene rings is 2. The normalized spacial score (nSPS) is 16.6. The molecule has 0 N–H and O–H groups in total. The van der Waals surface area contributed by atoms with Crippen LogP contribution in [0, 0.1) is 17.5 Å². The molecule has 0 aromatic heterocycles. The van der Waals surface area contributed by atoms with Crippen molar-refractivity contribution in [2.24, 2.45) is 0 Å². The van der Waals surface area contributed by atoms with Gasteiger partial charge in [-0.3, -0.25) is 14.6 Å². The van der Waals surface area contributed by atoms with E-state index in [0.717, 1.165) is 30.3 Å². The molecule has 1 heterocycles. The average Bonchev–Trinajstić information content (AvgIpc) is 2.68. The van der Waals surface area contributed by atoms with Crippen LogP contribution in [0.2, 0.25) is 0 Å². The minimum Gasteiger partial charge on any atom is -0.604 e. The lowest BCUT2D eigenvalue weighted by atomic mass is 10.1. The van der Waals surface area contributed by atoms with E-state index in [0.29, 0.717) is 15.9 Å². The second-order valence-electron chi connectivity index (χ2n) is 6.51. The van der Waals surface area contributed by atoms with Crippen LogP contribution in [0.1, 0.15) is 10.4 Å². The average molecular weight is 465 g/mol. The van der Waals surface area contributed by atoms with Crippen molar-refractivity contribution >= 4 is 28.8 Å². The molecule has 3 amide bonds. The van der Waals surface area contributed by atoms with Crippen LogP contribution >= 0.6 is 0 Å². The molecule has 3 rings (SSSR count). The Balaban J connectivity index is 1.94. The van der Waals surface area contributed by atoms with Crippen molar-refractivity contribution in [3.8, 4) is 0 Å². The molecule has 2 aromatic carbocycles. The van der Waals surface area contributed by atoms with Crippen LogP contribution in [0.5, 0.6) is 0 Å². The number of nitrogens with zero attached hydrogens (tertiary/aromatic N) is 3. The predicted molar refractivity (Wildman–Crippen MR) is 96.8 cm³/mol. The van der Waals surface area contributed by atoms with Gasteiger partial charge >= 0.3 is 11.5 Å². The first kappa shape index (κ1) is 22.9. The highest BCUT2D eigenvalue weighted by molar-refractivity contribution is 7.92. The van der Waals surface area contributed by atoms with Crippen molar-refractivity contribution < 1.29 is 40.5 Å². The van der Waals surface area contributed by atoms with Crippen LogP contribution in [0.25, 0.3) is 0 Å². The van der Waals surface area contributed by atoms with E-state index < -0.39 is 62.2 Å². The summed E-state index contributed by atoms with van der Waals surface area (Å²) >= 11 is -3.49. The Hall–Kier alpha value is -2.77. The maximum atomic E-state index is 14.5. The fraction of sp³-hybridized carbons (Fsp3) is 0.222. The van der Waals surface area contributed by atoms with Gasteiger partial charge in [0.1, 0.15) is 17.2 Å². The van der Waals surface area contributed by atoms with E-state index in [9.17, 15) is 40.5 Å². The number of carbonyl (C=O) groups is 2. The molecule has 166 valence electrons. The first-order valence-corrected chi connectivity index (χ1v) is 9.61. The van der Waals surface area contributed by atoms with Gasteiger partial charge in [0.05, 0.1) is 30.2 Å². The Bertz CT molecular complexity index is 1010. The summed E-state index contributed by atoms with van der Waals surface area (Å²) in [5.74, 6) is -5.03. The lowest BCUT2D eigenvalue weighted by Crippen LogP contribution is -2.59. The van der Waals surface area contributed by atoms with Crippen molar-refractivity contribution in [2.45, 2.75) is 10.4 Å². The monoisotopic (exact) mass is 465 g/mol. The molecule has 0 saturated carbocycles. The van der Waals surface area contributed by atoms with Gasteiger partial charge in [0, 0.05) is 6.07 Å². The molecule has 13 heteroatoms. The molecule has 1 saturated heterocycles. The lowest BCUT2D eigenvalue weighted by molar-refractivity contribution is -0.0435. The minimum absolute atomic E-state index is 0.277. The minimum atomic E-state index is -5.11. The smallest absolute Gasteiger partial charge is 0.578 e. The number of imide groups is 1. The first-order chi connectivity index (χ1) is 14.4. The van der Waals surface area contributed by atoms with E-state index >= 15 is 0 Å². The summed E-state index contributed by atoms with van der Waals surface area (Å²) in [6.07, 6.45) is 0. The maximum absolute atomic E-state index is 14.5. The van der Waals surface area contributed by atoms with Crippen LogP contribution in [0.4, 0.5) is 36.8 Å². The maximum Gasteiger partial charge on any atom is 0.578 e. The molecular weight excluding hydrogens is 452 g/mol. The van der Waals surface area contributed by atoms with Gasteiger partial charge in [-0.1, -0.05) is 6.07 Å². The summed E-state index contributed by atoms with van der Waals surface area (Å²) in [7, 11) is 1.42. The van der Waals surface area contributed by atoms with Crippen LogP contribution < -0.4 is 4.90 Å². The largest absolute Gasteiger partial charge is 0.604 e. The number of halogens is 6. The fourth-order valence-electron chi connectivity index (χ4n) is 2.92. The van der Waals surface area contributed by atoms with Crippen molar-refractivity contribution in [1.82, 2.24) is 9.80 Å². The summed E-state index contributed by atoms with van der Waals surface area (Å²) in [6, 6.07) is 3.43. The Morgan fingerprint density at radius 2 is 1.65 bits per heavy atom. The quantitative estimate of drug-likeness (QED) is 0.513. The van der Waals surface area contributed by atoms with E-state index in [-0.39, 0.29) is 13.3 Å². The Morgan fingerprint density at radius 1 is 1.03 bits per heavy atom. The second kappa shape index (κ2) is 8.40. The topological polar surface area (TPSA) is 66.9 Å². The zero-order valence-corrected chi connectivity index (χ0v) is 16.4. The van der Waals surface area contributed by atoms with Crippen LogP contribution in [-0.2, 0) is 11.2 Å². The van der Waals surface area contributed by atoms with E-state index in [1.165, 1.54) is 11.9 Å². The highest BCUT2D eigenvalue weighted by Crippen LogP contribution is 2.33. The molecular formula is C18H13F6N3O3S. The Labute approximate surface area is 174 Å². The molecule has 1 aliphatic rings. The molecule has 6 nitrogen and oxygen atoms in total. The molecule has 0 radical (unpaired) electrons. The number of urea groups is 1. The van der Waals surface area contributed by atoms with Gasteiger partial charge in [0.15, 0.2) is 10.7 Å². The van der Waals surface area contributed by atoms with E-state index in [1.807, 2.05) is 0 Å². The number of amides is 3. The second-order valence-corrected chi connectivity index (χ2v) is 7.98. The van der Waals surface area contributed by atoms with Gasteiger partial charge in [-0.2, -0.15) is 0 Å². The number of hydrogen-bond acceptors (Lipinski definition) is 4. The molecule has 2 aromatic rings. The highest BCUT2D eigenvalue weighted by atomic mass is 32.2. The summed E-state index contributed by atoms with van der Waals surface area (Å²) in [5.41, 5.74) is -6.60. The Morgan fingerprint density at radius 3 is 2.19 bits per heavy atom. The van der Waals surface area contributed by atoms with Gasteiger partial charge in [0.2, 0.25) is 0 Å². The van der Waals surface area contributed by atoms with Gasteiger partial charge in [0.25, 0.3) is 5.91 Å². The lowest BCUT2D eigenvalue weighted by Gasteiger charge is -2.39. The summed E-state index contributed by atoms with van der Waals surface area (Å²) < 4.78 is 91.7. The van der Waals surface area contributed by atoms with Crippen molar-refractivity contribution in [3.63, 3.8) is 0 Å². The number of carbonyl (C=O) groups excluding carboxylic acids is 2. The number of anilines is 1. The molecule has 1 atom stereocenters. The SMILES string of the molecule is CN1CN(C(=O)c2c(F)cccc2F)C(=O)N(c2ccc([S+]([O-])C(F)(F)F)cc2F)C1. The molecule has 1 aliphatic heterocycles. The molecule has 31 heavy (non-hydrogen) atoms. The van der Waals surface area contributed by atoms with Gasteiger partial charge in [-0.15, -0.1) is 13.2 Å². The summed E-state index contributed by atoms with van der Waals surface area (Å²) in [4.78, 5) is 27.1. The van der Waals surface area contributed by atoms with Gasteiger partial charge < -0.3 is 4.55 Å². The van der Waals surface area contributed by atoms with Crippen LogP contribution in [0.3, 0.4) is 0 Å². The number of alkyl halides is 3. The van der Waals surface area contributed by atoms with Crippen molar-refractivity contribution in [1.29, 1.82) is 0 Å². The number of rotatable bonds is 3. The fourth-order valence-corrected chi connectivity index (χ4v) is 3.59. The molecule has 0 bridgehead atoms. The molecule has 1 fully saturated rings. The Kier molecular flexibility index (Phi) is 6.21. The van der Waals surface area contributed by atoms with Gasteiger partial charge in [-0.25, -0.2) is 22.9 Å². The molecule has 0 aliphatic carbocycles. The van der Waals surface area contributed by atoms with Crippen LogP contribution in [0.15, 0.2) is 41.3 Å². The first-order valence-electron chi connectivity index (χ1n) is 8.46. The third kappa shape index (κ3) is 4.48. The molecule has 1 unspecified atom stereocenters. The number of hydrogen-bond donors (Lipinski definition) is 0. The molecule has 0 spiro atoms. The summed E-state index contributed by atoms with van der Waals surface area (Å²) in [6.45, 7) is -0.652. The van der Waals surface area contributed by atoms with Crippen molar-refractivity contribution in [2.75, 3.05) is 25.3 Å². The van der Waals surface area contributed by atoms with Crippen molar-refractivity contribution in [3.05, 3.63) is 59.4 Å². The standard InChI is InChI=1S/C18H13F6N3O3S/c1-25-8-26(14-6-5-10(7-13(14)21)31(30)18(22,23)24)17(29)27(9-25)16(28)15-11(19)3-2-4-12(15)20/h2-7H,8-9H2,1H3. The van der Waals surface area contributed by atoms with Crippen LogP contribution in [-0.4, -0.2) is 52.2 Å². The zero-order chi connectivity index (χ0) is 23.1. The van der Waals surface area contributed by atoms with E-state index in [1.54, 1.807) is 0 Å². The van der Waals surface area contributed by atoms with E-state index in [2.05, 4.69) is 0 Å². The summed E-state index contributed by atoms with van der Waals surface area (Å²) in [5, 5.41) is 0. The van der Waals surface area contributed by atoms with E-state index in [4.69, 9.17) is 0 Å².